The van der Waals surface area contributed by atoms with Gasteiger partial charge >= 0.3 is 18.0 Å². The number of nitriles is 1. The lowest BCUT2D eigenvalue weighted by Gasteiger charge is -2.35. The maximum atomic E-state index is 14.1. The van der Waals surface area contributed by atoms with E-state index in [2.05, 4.69) is 5.10 Å². The zero-order valence-electron chi connectivity index (χ0n) is 24.6. The van der Waals surface area contributed by atoms with E-state index in [9.17, 15) is 36.4 Å². The number of anilines is 2. The SMILES string of the molecule is COC(=O)OC1=C(C)N(c2cccc(C(F)(F)F)c2)c2nn(CCc3ccc(S(C)(=O)=O)cc3)c(=O)n2[C@@H]1c1ccc(C#N)cc1. The van der Waals surface area contributed by atoms with Gasteiger partial charge in [0.1, 0.15) is 6.04 Å². The summed E-state index contributed by atoms with van der Waals surface area (Å²) in [5.41, 5.74) is -0.0355. The topological polar surface area (TPSA) is 137 Å². The highest BCUT2D eigenvalue weighted by Crippen LogP contribution is 2.43. The second kappa shape index (κ2) is 12.2. The van der Waals surface area contributed by atoms with E-state index in [0.29, 0.717) is 16.7 Å². The first-order valence-corrected chi connectivity index (χ1v) is 15.5. The zero-order chi connectivity index (χ0) is 33.4. The second-order valence-electron chi connectivity index (χ2n) is 10.4. The molecular formula is C31H26F3N5O6S. The van der Waals surface area contributed by atoms with E-state index in [-0.39, 0.29) is 41.0 Å². The number of carbonyl (C=O) groups excluding carboxylic acids is 1. The van der Waals surface area contributed by atoms with Crippen LogP contribution in [0, 0.1) is 11.3 Å². The van der Waals surface area contributed by atoms with Crippen molar-refractivity contribution >= 4 is 27.6 Å². The first-order chi connectivity index (χ1) is 21.7. The molecule has 46 heavy (non-hydrogen) atoms. The first kappa shape index (κ1) is 32.0. The number of methoxy groups -OCH3 is 1. The number of halogens is 3. The highest BCUT2D eigenvalue weighted by Gasteiger charge is 2.40. The number of aryl methyl sites for hydroxylation is 2. The molecule has 11 nitrogen and oxygen atoms in total. The Kier molecular flexibility index (Phi) is 8.50. The summed E-state index contributed by atoms with van der Waals surface area (Å²) in [6.45, 7) is 1.52. The summed E-state index contributed by atoms with van der Waals surface area (Å²) in [6.07, 6.45) is -4.46. The van der Waals surface area contributed by atoms with Gasteiger partial charge in [0, 0.05) is 11.9 Å². The van der Waals surface area contributed by atoms with E-state index in [1.54, 1.807) is 24.3 Å². The van der Waals surface area contributed by atoms with Crippen molar-refractivity contribution in [2.45, 2.75) is 37.0 Å². The molecule has 1 atom stereocenters. The normalized spacial score (nSPS) is 14.9. The summed E-state index contributed by atoms with van der Waals surface area (Å²) in [5, 5.41) is 13.8. The van der Waals surface area contributed by atoms with Crippen molar-refractivity contribution in [2.24, 2.45) is 0 Å². The van der Waals surface area contributed by atoms with Gasteiger partial charge in [-0.05, 0) is 66.9 Å². The number of rotatable bonds is 7. The molecule has 0 saturated carbocycles. The number of aromatic nitrogens is 3. The molecule has 2 heterocycles. The van der Waals surface area contributed by atoms with Crippen LogP contribution in [0.15, 0.2) is 93.9 Å². The van der Waals surface area contributed by atoms with Gasteiger partial charge in [0.25, 0.3) is 0 Å². The molecule has 5 rings (SSSR count). The van der Waals surface area contributed by atoms with Crippen LogP contribution in [0.2, 0.25) is 0 Å². The van der Waals surface area contributed by atoms with Crippen LogP contribution in [0.4, 0.5) is 29.6 Å². The number of hydrogen-bond acceptors (Lipinski definition) is 9. The van der Waals surface area contributed by atoms with Crippen molar-refractivity contribution in [1.29, 1.82) is 5.26 Å². The number of ether oxygens (including phenoxy) is 2. The molecule has 0 aliphatic carbocycles. The lowest BCUT2D eigenvalue weighted by molar-refractivity contribution is -0.137. The number of allylic oxidation sites excluding steroid dienone is 2. The van der Waals surface area contributed by atoms with E-state index in [1.165, 1.54) is 52.8 Å². The summed E-state index contributed by atoms with van der Waals surface area (Å²) in [5.74, 6) is -0.166. The zero-order valence-corrected chi connectivity index (χ0v) is 25.5. The van der Waals surface area contributed by atoms with Gasteiger partial charge in [-0.1, -0.05) is 30.3 Å². The van der Waals surface area contributed by atoms with E-state index >= 15 is 0 Å². The third kappa shape index (κ3) is 6.24. The third-order valence-corrected chi connectivity index (χ3v) is 8.49. The minimum Gasteiger partial charge on any atom is -0.437 e. The number of carbonyl (C=O) groups is 1. The Bertz CT molecular complexity index is 2040. The molecular weight excluding hydrogens is 627 g/mol. The smallest absolute Gasteiger partial charge is 0.437 e. The molecule has 1 aliphatic rings. The third-order valence-electron chi connectivity index (χ3n) is 7.36. The average molecular weight is 654 g/mol. The molecule has 0 radical (unpaired) electrons. The Balaban J connectivity index is 1.68. The summed E-state index contributed by atoms with van der Waals surface area (Å²) in [7, 11) is -2.33. The molecule has 0 N–H and O–H groups in total. The van der Waals surface area contributed by atoms with Crippen molar-refractivity contribution in [1.82, 2.24) is 14.3 Å². The number of fused-ring (bicyclic) bond motifs is 1. The highest BCUT2D eigenvalue weighted by atomic mass is 32.2. The maximum Gasteiger partial charge on any atom is 0.513 e. The minimum absolute atomic E-state index is 0.00803. The van der Waals surface area contributed by atoms with Gasteiger partial charge in [0.2, 0.25) is 5.95 Å². The quantitative estimate of drug-likeness (QED) is 0.242. The van der Waals surface area contributed by atoms with E-state index in [0.717, 1.165) is 30.2 Å². The molecule has 4 aromatic rings. The van der Waals surface area contributed by atoms with Crippen LogP contribution in [0.1, 0.15) is 35.2 Å². The molecule has 1 aliphatic heterocycles. The fourth-order valence-corrected chi connectivity index (χ4v) is 5.71. The van der Waals surface area contributed by atoms with E-state index in [4.69, 9.17) is 9.47 Å². The number of alkyl halides is 3. The Hall–Kier alpha value is -5.36. The molecule has 0 fully saturated rings. The molecule has 0 amide bonds. The first-order valence-electron chi connectivity index (χ1n) is 13.6. The Morgan fingerprint density at radius 2 is 1.74 bits per heavy atom. The Morgan fingerprint density at radius 1 is 1.07 bits per heavy atom. The predicted octanol–water partition coefficient (Wildman–Crippen LogP) is 5.34. The standard InChI is InChI=1S/C31H26F3N5O6S/c1-19-27(45-30(41)44-2)26(22-11-7-21(18-35)8-12-22)39-28(38(19)24-6-4-5-23(17-24)31(32,33)34)36-37(29(39)40)16-15-20-9-13-25(14-10-20)46(3,42)43/h4-14,17,26H,15-16H2,1-3H3/t26-/m1/s1. The second-order valence-corrected chi connectivity index (χ2v) is 12.4. The van der Waals surface area contributed by atoms with Crippen molar-refractivity contribution in [3.8, 4) is 6.07 Å². The fourth-order valence-electron chi connectivity index (χ4n) is 5.08. The number of hydrogen-bond donors (Lipinski definition) is 0. The van der Waals surface area contributed by atoms with Gasteiger partial charge in [-0.2, -0.15) is 18.4 Å². The molecule has 0 bridgehead atoms. The van der Waals surface area contributed by atoms with E-state index < -0.39 is 39.5 Å². The Morgan fingerprint density at radius 3 is 2.33 bits per heavy atom. The van der Waals surface area contributed by atoms with Crippen LogP contribution in [0.25, 0.3) is 0 Å². The van der Waals surface area contributed by atoms with Crippen molar-refractivity contribution in [3.63, 3.8) is 0 Å². The summed E-state index contributed by atoms with van der Waals surface area (Å²) >= 11 is 0. The molecule has 15 heteroatoms. The molecule has 0 saturated heterocycles. The largest absolute Gasteiger partial charge is 0.513 e. The lowest BCUT2D eigenvalue weighted by Crippen LogP contribution is -2.37. The summed E-state index contributed by atoms with van der Waals surface area (Å²) in [6, 6.07) is 17.5. The van der Waals surface area contributed by atoms with Crippen molar-refractivity contribution < 1.29 is 35.9 Å². The van der Waals surface area contributed by atoms with E-state index in [1.807, 2.05) is 6.07 Å². The van der Waals surface area contributed by atoms with Crippen LogP contribution < -0.4 is 10.6 Å². The minimum atomic E-state index is -4.68. The Labute approximate surface area is 261 Å². The predicted molar refractivity (Wildman–Crippen MR) is 159 cm³/mol. The summed E-state index contributed by atoms with van der Waals surface area (Å²) < 4.78 is 77.5. The van der Waals surface area contributed by atoms with Crippen LogP contribution in [-0.2, 0) is 38.5 Å². The molecule has 1 aromatic heterocycles. The van der Waals surface area contributed by atoms with Crippen LogP contribution in [0.3, 0.4) is 0 Å². The maximum absolute atomic E-state index is 14.1. The van der Waals surface area contributed by atoms with Gasteiger partial charge in [-0.25, -0.2) is 27.3 Å². The molecule has 0 spiro atoms. The van der Waals surface area contributed by atoms with Gasteiger partial charge in [0.05, 0.1) is 41.4 Å². The van der Waals surface area contributed by atoms with Crippen LogP contribution >= 0.6 is 0 Å². The van der Waals surface area contributed by atoms with Crippen molar-refractivity contribution in [2.75, 3.05) is 18.3 Å². The number of sulfone groups is 1. The molecule has 0 unspecified atom stereocenters. The van der Waals surface area contributed by atoms with Gasteiger partial charge in [-0.15, -0.1) is 5.10 Å². The average Bonchev–Trinajstić information content (AvgIpc) is 3.34. The van der Waals surface area contributed by atoms with Gasteiger partial charge in [0.15, 0.2) is 15.6 Å². The lowest BCUT2D eigenvalue weighted by atomic mass is 10.00. The number of nitrogens with zero attached hydrogens (tertiary/aromatic N) is 5. The van der Waals surface area contributed by atoms with Gasteiger partial charge < -0.3 is 9.47 Å². The van der Waals surface area contributed by atoms with Crippen LogP contribution in [-0.4, -0.2) is 42.3 Å². The van der Waals surface area contributed by atoms with Crippen LogP contribution in [0.5, 0.6) is 0 Å². The highest BCUT2D eigenvalue weighted by molar-refractivity contribution is 7.90. The monoisotopic (exact) mass is 653 g/mol. The number of benzene rings is 3. The van der Waals surface area contributed by atoms with Crippen molar-refractivity contribution in [3.05, 3.63) is 117 Å². The summed E-state index contributed by atoms with van der Waals surface area (Å²) in [4.78, 5) is 27.9. The molecule has 238 valence electrons. The van der Waals surface area contributed by atoms with Gasteiger partial charge in [-0.3, -0.25) is 4.90 Å². The molecule has 3 aromatic carbocycles. The fraction of sp³-hybridized carbons (Fsp3) is 0.226.